The third kappa shape index (κ3) is 6.80. The van der Waals surface area contributed by atoms with Gasteiger partial charge in [0.05, 0.1) is 13.5 Å². The smallest absolute Gasteiger partial charge is 0.407 e. The van der Waals surface area contributed by atoms with Gasteiger partial charge in [0.1, 0.15) is 5.60 Å². The lowest BCUT2D eigenvalue weighted by Gasteiger charge is -2.22. The van der Waals surface area contributed by atoms with Crippen molar-refractivity contribution in [2.75, 3.05) is 13.7 Å². The zero-order valence-corrected chi connectivity index (χ0v) is 14.1. The van der Waals surface area contributed by atoms with Gasteiger partial charge in [-0.05, 0) is 38.5 Å². The molecule has 122 valence electrons. The fourth-order valence-electron chi connectivity index (χ4n) is 1.85. The summed E-state index contributed by atoms with van der Waals surface area (Å²) in [7, 11) is 1.34. The van der Waals surface area contributed by atoms with Gasteiger partial charge in [-0.2, -0.15) is 0 Å². The van der Waals surface area contributed by atoms with Gasteiger partial charge in [0.15, 0.2) is 0 Å². The number of rotatable bonds is 5. The summed E-state index contributed by atoms with van der Waals surface area (Å²) < 4.78 is 9.89. The zero-order valence-electron chi connectivity index (χ0n) is 13.3. The van der Waals surface area contributed by atoms with Crippen LogP contribution in [0.5, 0.6) is 0 Å². The molecule has 0 bridgehead atoms. The van der Waals surface area contributed by atoms with Gasteiger partial charge in [-0.25, -0.2) is 4.79 Å². The standard InChI is InChI=1S/C16H22ClNO4/c1-16(2,3)22-15(20)18-10-12(9-14(19)21-4)11-5-7-13(17)8-6-11/h5-8,12H,9-10H2,1-4H3,(H,18,20). The monoisotopic (exact) mass is 327 g/mol. The summed E-state index contributed by atoms with van der Waals surface area (Å²) in [5.41, 5.74) is 0.327. The molecule has 1 rings (SSSR count). The maximum atomic E-state index is 11.7. The third-order valence-corrected chi connectivity index (χ3v) is 3.13. The van der Waals surface area contributed by atoms with Crippen LogP contribution in [0.1, 0.15) is 38.7 Å². The second-order valence-electron chi connectivity index (χ2n) is 5.91. The minimum absolute atomic E-state index is 0.161. The molecule has 5 nitrogen and oxygen atoms in total. The average molecular weight is 328 g/mol. The van der Waals surface area contributed by atoms with Crippen molar-refractivity contribution in [1.29, 1.82) is 0 Å². The highest BCUT2D eigenvalue weighted by atomic mass is 35.5. The van der Waals surface area contributed by atoms with Crippen LogP contribution in [0, 0.1) is 0 Å². The fourth-order valence-corrected chi connectivity index (χ4v) is 1.97. The number of halogens is 1. The van der Waals surface area contributed by atoms with E-state index in [0.717, 1.165) is 5.56 Å². The number of carbonyl (C=O) groups excluding carboxylic acids is 2. The molecular formula is C16H22ClNO4. The van der Waals surface area contributed by atoms with Crippen molar-refractivity contribution in [3.05, 3.63) is 34.9 Å². The van der Waals surface area contributed by atoms with Crippen molar-refractivity contribution in [2.24, 2.45) is 0 Å². The Labute approximate surface area is 135 Å². The first kappa shape index (κ1) is 18.3. The molecule has 0 aliphatic heterocycles. The molecular weight excluding hydrogens is 306 g/mol. The minimum Gasteiger partial charge on any atom is -0.469 e. The van der Waals surface area contributed by atoms with Crippen molar-refractivity contribution < 1.29 is 19.1 Å². The Kier molecular flexibility index (Phi) is 6.68. The lowest BCUT2D eigenvalue weighted by Crippen LogP contribution is -2.35. The molecule has 0 aromatic heterocycles. The second-order valence-corrected chi connectivity index (χ2v) is 6.35. The van der Waals surface area contributed by atoms with Crippen LogP contribution in [0.3, 0.4) is 0 Å². The van der Waals surface area contributed by atoms with Crippen LogP contribution in [-0.4, -0.2) is 31.3 Å². The van der Waals surface area contributed by atoms with Crippen LogP contribution >= 0.6 is 11.6 Å². The number of esters is 1. The maximum absolute atomic E-state index is 11.7. The molecule has 1 amide bonds. The fraction of sp³-hybridized carbons (Fsp3) is 0.500. The number of hydrogen-bond donors (Lipinski definition) is 1. The number of benzene rings is 1. The van der Waals surface area contributed by atoms with Crippen LogP contribution in [0.4, 0.5) is 4.79 Å². The molecule has 1 N–H and O–H groups in total. The number of hydrogen-bond acceptors (Lipinski definition) is 4. The van der Waals surface area contributed by atoms with E-state index in [1.807, 2.05) is 12.1 Å². The van der Waals surface area contributed by atoms with Crippen LogP contribution in [0.2, 0.25) is 5.02 Å². The highest BCUT2D eigenvalue weighted by Crippen LogP contribution is 2.22. The highest BCUT2D eigenvalue weighted by molar-refractivity contribution is 6.30. The van der Waals surface area contributed by atoms with Crippen LogP contribution in [-0.2, 0) is 14.3 Å². The van der Waals surface area contributed by atoms with Gasteiger partial charge in [0.2, 0.25) is 0 Å². The molecule has 0 aliphatic carbocycles. The SMILES string of the molecule is COC(=O)CC(CNC(=O)OC(C)(C)C)c1ccc(Cl)cc1. The van der Waals surface area contributed by atoms with Gasteiger partial charge in [-0.3, -0.25) is 4.79 Å². The Morgan fingerprint density at radius 3 is 2.32 bits per heavy atom. The largest absolute Gasteiger partial charge is 0.469 e. The molecule has 0 saturated heterocycles. The predicted molar refractivity (Wildman–Crippen MR) is 85.1 cm³/mol. The lowest BCUT2D eigenvalue weighted by molar-refractivity contribution is -0.141. The number of methoxy groups -OCH3 is 1. The number of ether oxygens (including phenoxy) is 2. The van der Waals surface area contributed by atoms with Crippen molar-refractivity contribution in [3.8, 4) is 0 Å². The molecule has 0 heterocycles. The number of alkyl carbamates (subject to hydrolysis) is 1. The Bertz CT molecular complexity index is 508. The maximum Gasteiger partial charge on any atom is 0.407 e. The van der Waals surface area contributed by atoms with Crippen molar-refractivity contribution in [3.63, 3.8) is 0 Å². The van der Waals surface area contributed by atoms with Gasteiger partial charge in [0.25, 0.3) is 0 Å². The van der Waals surface area contributed by atoms with Gasteiger partial charge in [-0.15, -0.1) is 0 Å². The van der Waals surface area contributed by atoms with Gasteiger partial charge >= 0.3 is 12.1 Å². The Balaban J connectivity index is 2.72. The second kappa shape index (κ2) is 8.03. The van der Waals surface area contributed by atoms with E-state index in [2.05, 4.69) is 5.32 Å². The van der Waals surface area contributed by atoms with Crippen molar-refractivity contribution in [1.82, 2.24) is 5.32 Å². The highest BCUT2D eigenvalue weighted by Gasteiger charge is 2.20. The van der Waals surface area contributed by atoms with E-state index < -0.39 is 11.7 Å². The molecule has 0 radical (unpaired) electrons. The first-order valence-corrected chi connectivity index (χ1v) is 7.38. The Morgan fingerprint density at radius 1 is 1.23 bits per heavy atom. The molecule has 1 aromatic carbocycles. The number of amides is 1. The normalized spacial score (nSPS) is 12.4. The van der Waals surface area contributed by atoms with E-state index in [1.165, 1.54) is 7.11 Å². The van der Waals surface area contributed by atoms with E-state index in [9.17, 15) is 9.59 Å². The molecule has 0 fully saturated rings. The molecule has 1 unspecified atom stereocenters. The predicted octanol–water partition coefficient (Wildman–Crippen LogP) is 3.51. The summed E-state index contributed by atoms with van der Waals surface area (Å²) >= 11 is 5.87. The zero-order chi connectivity index (χ0) is 16.8. The minimum atomic E-state index is -0.567. The van der Waals surface area contributed by atoms with Crippen LogP contribution in [0.15, 0.2) is 24.3 Å². The van der Waals surface area contributed by atoms with Crippen molar-refractivity contribution in [2.45, 2.75) is 38.7 Å². The van der Waals surface area contributed by atoms with E-state index in [0.29, 0.717) is 5.02 Å². The molecule has 0 spiro atoms. The lowest BCUT2D eigenvalue weighted by atomic mass is 9.96. The summed E-state index contributed by atoms with van der Waals surface area (Å²) in [6.45, 7) is 5.64. The molecule has 0 aliphatic rings. The molecule has 1 atom stereocenters. The average Bonchev–Trinajstić information content (AvgIpc) is 2.42. The summed E-state index contributed by atoms with van der Waals surface area (Å²) in [6.07, 6.45) is -0.357. The molecule has 1 aromatic rings. The van der Waals surface area contributed by atoms with Gasteiger partial charge < -0.3 is 14.8 Å². The number of nitrogens with one attached hydrogen (secondary N) is 1. The van der Waals surface area contributed by atoms with Gasteiger partial charge in [-0.1, -0.05) is 23.7 Å². The van der Waals surface area contributed by atoms with E-state index in [-0.39, 0.29) is 24.9 Å². The Hall–Kier alpha value is -1.75. The summed E-state index contributed by atoms with van der Waals surface area (Å²) in [6, 6.07) is 7.14. The van der Waals surface area contributed by atoms with Gasteiger partial charge in [0, 0.05) is 17.5 Å². The van der Waals surface area contributed by atoms with Crippen molar-refractivity contribution >= 4 is 23.7 Å². The first-order chi connectivity index (χ1) is 10.2. The van der Waals surface area contributed by atoms with E-state index >= 15 is 0 Å². The van der Waals surface area contributed by atoms with E-state index in [1.54, 1.807) is 32.9 Å². The summed E-state index contributed by atoms with van der Waals surface area (Å²) in [4.78, 5) is 23.3. The third-order valence-electron chi connectivity index (χ3n) is 2.87. The quantitative estimate of drug-likeness (QED) is 0.840. The first-order valence-electron chi connectivity index (χ1n) is 7.00. The summed E-state index contributed by atoms with van der Waals surface area (Å²) in [5, 5.41) is 3.29. The molecule has 6 heteroatoms. The van der Waals surface area contributed by atoms with Crippen LogP contribution < -0.4 is 5.32 Å². The Morgan fingerprint density at radius 2 is 1.82 bits per heavy atom. The van der Waals surface area contributed by atoms with Crippen LogP contribution in [0.25, 0.3) is 0 Å². The molecule has 22 heavy (non-hydrogen) atoms. The van der Waals surface area contributed by atoms with E-state index in [4.69, 9.17) is 21.1 Å². The number of carbonyl (C=O) groups is 2. The molecule has 0 saturated carbocycles. The summed E-state index contributed by atoms with van der Waals surface area (Å²) in [5.74, 6) is -0.553. The topological polar surface area (TPSA) is 64.6 Å².